The Kier molecular flexibility index (Phi) is 5.83. The molecule has 5 nitrogen and oxygen atoms in total. The summed E-state index contributed by atoms with van der Waals surface area (Å²) in [6.07, 6.45) is 4.75. The zero-order valence-electron chi connectivity index (χ0n) is 13.9. The summed E-state index contributed by atoms with van der Waals surface area (Å²) >= 11 is 2.74. The molecule has 0 atom stereocenters. The largest absolute Gasteiger partial charge is 0.321 e. The van der Waals surface area contributed by atoms with E-state index in [1.807, 2.05) is 24.5 Å². The van der Waals surface area contributed by atoms with Crippen LogP contribution in [0.5, 0.6) is 0 Å². The van der Waals surface area contributed by atoms with E-state index in [2.05, 4.69) is 5.32 Å². The molecule has 1 fully saturated rings. The van der Waals surface area contributed by atoms with Crippen LogP contribution >= 0.6 is 23.1 Å². The fraction of sp³-hybridized carbons (Fsp3) is 0.353. The third kappa shape index (κ3) is 4.08. The van der Waals surface area contributed by atoms with E-state index < -0.39 is 10.0 Å². The Hall–Kier alpha value is -1.35. The van der Waals surface area contributed by atoms with E-state index in [9.17, 15) is 13.2 Å². The van der Waals surface area contributed by atoms with Gasteiger partial charge in [0.2, 0.25) is 10.0 Å². The maximum absolute atomic E-state index is 12.9. The first-order valence-electron chi connectivity index (χ1n) is 8.05. The van der Waals surface area contributed by atoms with Crippen LogP contribution in [0.25, 0.3) is 0 Å². The van der Waals surface area contributed by atoms with Crippen LogP contribution in [0.1, 0.15) is 28.9 Å². The molecule has 2 aromatic rings. The summed E-state index contributed by atoms with van der Waals surface area (Å²) in [5, 5.41) is 4.47. The highest BCUT2D eigenvalue weighted by atomic mass is 32.2. The number of benzene rings is 1. The molecule has 0 unspecified atom stereocenters. The number of thiophene rings is 1. The highest BCUT2D eigenvalue weighted by Gasteiger charge is 2.31. The van der Waals surface area contributed by atoms with Gasteiger partial charge >= 0.3 is 0 Å². The lowest BCUT2D eigenvalue weighted by Crippen LogP contribution is -2.36. The molecule has 1 aromatic heterocycles. The Balaban J connectivity index is 1.84. The fourth-order valence-electron chi connectivity index (χ4n) is 2.80. The number of hydrogen-bond donors (Lipinski definition) is 1. The second-order valence-electron chi connectivity index (χ2n) is 5.76. The second-order valence-corrected chi connectivity index (χ2v) is 9.47. The van der Waals surface area contributed by atoms with Crippen molar-refractivity contribution >= 4 is 44.7 Å². The van der Waals surface area contributed by atoms with E-state index in [0.29, 0.717) is 18.8 Å². The van der Waals surface area contributed by atoms with Crippen molar-refractivity contribution in [2.75, 3.05) is 24.7 Å². The maximum atomic E-state index is 12.9. The summed E-state index contributed by atoms with van der Waals surface area (Å²) in [6, 6.07) is 9.01. The number of amides is 1. The Morgan fingerprint density at radius 2 is 1.96 bits per heavy atom. The number of thioether (sulfide) groups is 1. The highest BCUT2D eigenvalue weighted by Crippen LogP contribution is 2.28. The molecule has 2 heterocycles. The lowest BCUT2D eigenvalue weighted by molar-refractivity contribution is 0.102. The fourth-order valence-corrected chi connectivity index (χ4v) is 6.07. The number of sulfonamides is 1. The molecule has 3 rings (SSSR count). The Morgan fingerprint density at radius 3 is 2.68 bits per heavy atom. The van der Waals surface area contributed by atoms with E-state index in [4.69, 9.17) is 0 Å². The van der Waals surface area contributed by atoms with Gasteiger partial charge in [-0.1, -0.05) is 12.5 Å². The molecule has 1 saturated heterocycles. The van der Waals surface area contributed by atoms with Crippen LogP contribution < -0.4 is 5.32 Å². The summed E-state index contributed by atoms with van der Waals surface area (Å²) in [4.78, 5) is 14.0. The van der Waals surface area contributed by atoms with Gasteiger partial charge in [-0.25, -0.2) is 8.42 Å². The van der Waals surface area contributed by atoms with Crippen LogP contribution in [-0.2, 0) is 10.0 Å². The van der Waals surface area contributed by atoms with Crippen LogP contribution in [0.15, 0.2) is 45.5 Å². The van der Waals surface area contributed by atoms with E-state index in [1.54, 1.807) is 23.2 Å². The Bertz CT molecular complexity index is 856. The lowest BCUT2D eigenvalue weighted by atomic mass is 10.2. The number of carbonyl (C=O) groups is 1. The topological polar surface area (TPSA) is 66.5 Å². The molecule has 1 aliphatic heterocycles. The molecule has 0 saturated carbocycles. The quantitative estimate of drug-likeness (QED) is 0.779. The summed E-state index contributed by atoms with van der Waals surface area (Å²) in [5.41, 5.74) is 0.659. The van der Waals surface area contributed by atoms with Crippen LogP contribution in [-0.4, -0.2) is 38.0 Å². The smallest absolute Gasteiger partial charge is 0.267 e. The molecule has 1 amide bonds. The zero-order valence-corrected chi connectivity index (χ0v) is 16.3. The Morgan fingerprint density at radius 1 is 1.20 bits per heavy atom. The highest BCUT2D eigenvalue weighted by molar-refractivity contribution is 7.98. The average molecular weight is 397 g/mol. The van der Waals surface area contributed by atoms with Gasteiger partial charge in [0.25, 0.3) is 5.91 Å². The molecule has 8 heteroatoms. The molecule has 25 heavy (non-hydrogen) atoms. The first kappa shape index (κ1) is 18.4. The van der Waals surface area contributed by atoms with Gasteiger partial charge in [0.1, 0.15) is 9.77 Å². The third-order valence-electron chi connectivity index (χ3n) is 4.10. The van der Waals surface area contributed by atoms with Gasteiger partial charge in [-0.2, -0.15) is 4.31 Å². The number of nitrogens with one attached hydrogen (secondary N) is 1. The van der Waals surface area contributed by atoms with Gasteiger partial charge in [-0.15, -0.1) is 23.1 Å². The normalized spacial score (nSPS) is 15.9. The first-order valence-corrected chi connectivity index (χ1v) is 11.6. The van der Waals surface area contributed by atoms with Crippen molar-refractivity contribution in [2.24, 2.45) is 0 Å². The summed E-state index contributed by atoms with van der Waals surface area (Å²) < 4.78 is 27.2. The molecule has 1 N–H and O–H groups in total. The Labute approximate surface area is 156 Å². The predicted molar refractivity (Wildman–Crippen MR) is 103 cm³/mol. The van der Waals surface area contributed by atoms with E-state index in [0.717, 1.165) is 35.5 Å². The molecule has 0 spiro atoms. The van der Waals surface area contributed by atoms with Crippen LogP contribution in [0.4, 0.5) is 5.69 Å². The maximum Gasteiger partial charge on any atom is 0.267 e. The van der Waals surface area contributed by atoms with Crippen LogP contribution in [0.2, 0.25) is 0 Å². The molecule has 0 radical (unpaired) electrons. The van der Waals surface area contributed by atoms with Crippen molar-refractivity contribution < 1.29 is 13.2 Å². The first-order chi connectivity index (χ1) is 12.0. The van der Waals surface area contributed by atoms with Crippen molar-refractivity contribution in [3.8, 4) is 0 Å². The number of hydrogen-bond acceptors (Lipinski definition) is 5. The van der Waals surface area contributed by atoms with Gasteiger partial charge in [0.05, 0.1) is 0 Å². The van der Waals surface area contributed by atoms with E-state index in [1.165, 1.54) is 10.4 Å². The predicted octanol–water partition coefficient (Wildman–Crippen LogP) is 3.90. The number of anilines is 1. The third-order valence-corrected chi connectivity index (χ3v) is 7.80. The van der Waals surface area contributed by atoms with Crippen molar-refractivity contribution in [1.82, 2.24) is 4.31 Å². The van der Waals surface area contributed by atoms with Crippen molar-refractivity contribution in [2.45, 2.75) is 29.1 Å². The van der Waals surface area contributed by atoms with Crippen molar-refractivity contribution in [3.63, 3.8) is 0 Å². The lowest BCUT2D eigenvalue weighted by Gasteiger charge is -2.25. The second kappa shape index (κ2) is 7.90. The minimum atomic E-state index is -3.62. The van der Waals surface area contributed by atoms with E-state index >= 15 is 0 Å². The van der Waals surface area contributed by atoms with E-state index in [-0.39, 0.29) is 15.7 Å². The summed E-state index contributed by atoms with van der Waals surface area (Å²) in [7, 11) is -3.62. The molecule has 0 aliphatic carbocycles. The van der Waals surface area contributed by atoms with Crippen molar-refractivity contribution in [1.29, 1.82) is 0 Å². The zero-order chi connectivity index (χ0) is 17.9. The summed E-state index contributed by atoms with van der Waals surface area (Å²) in [6.45, 7) is 1.05. The molecule has 134 valence electrons. The number of piperidine rings is 1. The molecule has 1 aliphatic rings. The number of nitrogens with zero attached hydrogens (tertiary/aromatic N) is 1. The van der Waals surface area contributed by atoms with Crippen LogP contribution in [0.3, 0.4) is 0 Å². The molecular formula is C17H20N2O3S3. The van der Waals surface area contributed by atoms with Gasteiger partial charge in [-0.3, -0.25) is 4.79 Å². The van der Waals surface area contributed by atoms with Crippen molar-refractivity contribution in [3.05, 3.63) is 40.6 Å². The molecule has 1 aromatic carbocycles. The minimum absolute atomic E-state index is 0.109. The van der Waals surface area contributed by atoms with Gasteiger partial charge in [-0.05, 0) is 48.7 Å². The van der Waals surface area contributed by atoms with Crippen LogP contribution in [0, 0.1) is 0 Å². The molecular weight excluding hydrogens is 376 g/mol. The summed E-state index contributed by atoms with van der Waals surface area (Å²) in [5.74, 6) is -0.385. The standard InChI is InChI=1S/C17H20N2O3S3/c1-23-14-7-5-6-13(12-14)18-17(20)16-15(8-11-24-16)25(21,22)19-9-3-2-4-10-19/h5-8,11-12H,2-4,9-10H2,1H3,(H,18,20). The molecule has 0 bridgehead atoms. The van der Waals surface area contributed by atoms with Gasteiger partial charge in [0.15, 0.2) is 0 Å². The SMILES string of the molecule is CSc1cccc(NC(=O)c2sccc2S(=O)(=O)N2CCCCC2)c1. The number of carbonyl (C=O) groups excluding carboxylic acids is 1. The monoisotopic (exact) mass is 396 g/mol. The van der Waals surface area contributed by atoms with Gasteiger partial charge in [0, 0.05) is 23.7 Å². The average Bonchev–Trinajstić information content (AvgIpc) is 3.13. The van der Waals surface area contributed by atoms with Gasteiger partial charge < -0.3 is 5.32 Å². The number of rotatable bonds is 5. The minimum Gasteiger partial charge on any atom is -0.321 e.